The summed E-state index contributed by atoms with van der Waals surface area (Å²) in [5, 5.41) is 3.14. The van der Waals surface area contributed by atoms with E-state index in [0.717, 1.165) is 18.7 Å². The Bertz CT molecular complexity index is 335. The van der Waals surface area contributed by atoms with E-state index in [1.807, 2.05) is 7.05 Å². The second-order valence-electron chi connectivity index (χ2n) is 4.21. The van der Waals surface area contributed by atoms with Gasteiger partial charge in [-0.15, -0.1) is 0 Å². The molecule has 0 saturated heterocycles. The average Bonchev–Trinajstić information content (AvgIpc) is 2.30. The smallest absolute Gasteiger partial charge is 0.215 e. The van der Waals surface area contributed by atoms with E-state index in [1.165, 1.54) is 0 Å². The molecular weight excluding hydrogens is 182 g/mol. The molecule has 0 fully saturated rings. The van der Waals surface area contributed by atoms with Crippen LogP contribution in [0.25, 0.3) is 0 Å². The number of rotatable bonds is 3. The number of aromatic nitrogens is 3. The van der Waals surface area contributed by atoms with Crippen molar-refractivity contribution in [2.75, 3.05) is 0 Å². The lowest BCUT2D eigenvalue weighted by Crippen LogP contribution is -2.14. The molecule has 0 saturated carbocycles. The Hall–Kier alpha value is -0.640. The Morgan fingerprint density at radius 3 is 2.54 bits per heavy atom. The van der Waals surface area contributed by atoms with Gasteiger partial charge in [0.1, 0.15) is 5.82 Å². The molecule has 13 heavy (non-hydrogen) atoms. The summed E-state index contributed by atoms with van der Waals surface area (Å²) in [6.07, 6.45) is 2.10. The highest BCUT2D eigenvalue weighted by molar-refractivity contribution is 7.71. The summed E-state index contributed by atoms with van der Waals surface area (Å²) in [7, 11) is 1.89. The van der Waals surface area contributed by atoms with Gasteiger partial charge in [0.15, 0.2) is 0 Å². The Labute approximate surface area is 84.2 Å². The van der Waals surface area contributed by atoms with Crippen LogP contribution in [0.4, 0.5) is 0 Å². The van der Waals surface area contributed by atoms with Crippen LogP contribution in [0.1, 0.15) is 33.0 Å². The summed E-state index contributed by atoms with van der Waals surface area (Å²) in [6, 6.07) is 0. The van der Waals surface area contributed by atoms with Crippen LogP contribution in [0.3, 0.4) is 0 Å². The van der Waals surface area contributed by atoms with E-state index >= 15 is 0 Å². The number of H-pyrrole nitrogens is 1. The standard InChI is InChI=1S/C9H17N3S/c1-5-9(2,3)6-7-10-8(13)12(4)11-7/h5-6H2,1-4H3,(H,10,11,13). The maximum atomic E-state index is 5.02. The van der Waals surface area contributed by atoms with Gasteiger partial charge in [-0.25, -0.2) is 4.98 Å². The molecule has 0 radical (unpaired) electrons. The fourth-order valence-corrected chi connectivity index (χ4v) is 1.27. The third-order valence-electron chi connectivity index (χ3n) is 2.42. The van der Waals surface area contributed by atoms with Crippen LogP contribution in [0.2, 0.25) is 0 Å². The highest BCUT2D eigenvalue weighted by atomic mass is 32.1. The number of aryl methyl sites for hydroxylation is 1. The quantitative estimate of drug-likeness (QED) is 0.759. The summed E-state index contributed by atoms with van der Waals surface area (Å²) in [5.74, 6) is 0.986. The lowest BCUT2D eigenvalue weighted by atomic mass is 9.86. The fourth-order valence-electron chi connectivity index (χ4n) is 1.11. The van der Waals surface area contributed by atoms with Gasteiger partial charge in [0, 0.05) is 13.5 Å². The molecule has 0 aliphatic carbocycles. The summed E-state index contributed by atoms with van der Waals surface area (Å²) in [5.41, 5.74) is 0.298. The largest absolute Gasteiger partial charge is 0.283 e. The molecule has 1 heterocycles. The molecule has 1 aromatic rings. The molecule has 4 heteroatoms. The van der Waals surface area contributed by atoms with E-state index in [0.29, 0.717) is 10.2 Å². The van der Waals surface area contributed by atoms with Crippen LogP contribution in [0, 0.1) is 10.2 Å². The number of aromatic amines is 1. The van der Waals surface area contributed by atoms with Crippen LogP contribution < -0.4 is 0 Å². The first-order chi connectivity index (χ1) is 5.94. The van der Waals surface area contributed by atoms with E-state index in [4.69, 9.17) is 12.2 Å². The van der Waals surface area contributed by atoms with Gasteiger partial charge < -0.3 is 0 Å². The molecule has 0 unspecified atom stereocenters. The highest BCUT2D eigenvalue weighted by Gasteiger charge is 2.17. The van der Waals surface area contributed by atoms with Gasteiger partial charge in [0.2, 0.25) is 4.77 Å². The molecule has 0 bridgehead atoms. The SMILES string of the molecule is CCC(C)(C)Cc1nc(=S)n(C)[nH]1. The molecule has 3 nitrogen and oxygen atoms in total. The molecule has 0 amide bonds. The van der Waals surface area contributed by atoms with E-state index < -0.39 is 0 Å². The van der Waals surface area contributed by atoms with Gasteiger partial charge in [-0.2, -0.15) is 0 Å². The summed E-state index contributed by atoms with van der Waals surface area (Å²) in [6.45, 7) is 6.66. The average molecular weight is 199 g/mol. The minimum Gasteiger partial charge on any atom is -0.283 e. The van der Waals surface area contributed by atoms with Crippen molar-refractivity contribution in [2.45, 2.75) is 33.6 Å². The van der Waals surface area contributed by atoms with Crippen LogP contribution in [-0.4, -0.2) is 14.8 Å². The zero-order valence-electron chi connectivity index (χ0n) is 8.72. The van der Waals surface area contributed by atoms with E-state index in [2.05, 4.69) is 30.9 Å². The van der Waals surface area contributed by atoms with E-state index in [-0.39, 0.29) is 0 Å². The Kier molecular flexibility index (Phi) is 2.91. The van der Waals surface area contributed by atoms with Crippen molar-refractivity contribution in [3.8, 4) is 0 Å². The minimum atomic E-state index is 0.298. The topological polar surface area (TPSA) is 33.6 Å². The maximum Gasteiger partial charge on any atom is 0.215 e. The van der Waals surface area contributed by atoms with E-state index in [1.54, 1.807) is 4.68 Å². The van der Waals surface area contributed by atoms with Gasteiger partial charge >= 0.3 is 0 Å². The van der Waals surface area contributed by atoms with Gasteiger partial charge in [-0.1, -0.05) is 27.2 Å². The molecule has 1 aromatic heterocycles. The lowest BCUT2D eigenvalue weighted by molar-refractivity contribution is 0.341. The molecule has 1 N–H and O–H groups in total. The van der Waals surface area contributed by atoms with Crippen LogP contribution in [-0.2, 0) is 13.5 Å². The molecule has 0 atom stereocenters. The minimum absolute atomic E-state index is 0.298. The van der Waals surface area contributed by atoms with Gasteiger partial charge in [-0.3, -0.25) is 9.78 Å². The van der Waals surface area contributed by atoms with Crippen molar-refractivity contribution < 1.29 is 0 Å². The van der Waals surface area contributed by atoms with Crippen molar-refractivity contribution in [3.63, 3.8) is 0 Å². The van der Waals surface area contributed by atoms with Crippen molar-refractivity contribution in [3.05, 3.63) is 10.6 Å². The second-order valence-corrected chi connectivity index (χ2v) is 4.57. The first kappa shape index (κ1) is 10.4. The van der Waals surface area contributed by atoms with Crippen LogP contribution in [0.5, 0.6) is 0 Å². The molecule has 0 aliphatic rings. The normalized spacial score (nSPS) is 12.0. The van der Waals surface area contributed by atoms with Gasteiger partial charge in [0.25, 0.3) is 0 Å². The molecule has 0 aromatic carbocycles. The predicted molar refractivity (Wildman–Crippen MR) is 56.2 cm³/mol. The van der Waals surface area contributed by atoms with Gasteiger partial charge in [0.05, 0.1) is 0 Å². The van der Waals surface area contributed by atoms with Crippen molar-refractivity contribution >= 4 is 12.2 Å². The zero-order chi connectivity index (χ0) is 10.1. The predicted octanol–water partition coefficient (Wildman–Crippen LogP) is 2.46. The third kappa shape index (κ3) is 2.66. The Morgan fingerprint density at radius 2 is 2.15 bits per heavy atom. The lowest BCUT2D eigenvalue weighted by Gasteiger charge is -2.20. The molecular formula is C9H17N3S. The van der Waals surface area contributed by atoms with Crippen LogP contribution >= 0.6 is 12.2 Å². The highest BCUT2D eigenvalue weighted by Crippen LogP contribution is 2.23. The molecule has 0 spiro atoms. The monoisotopic (exact) mass is 199 g/mol. The molecule has 1 rings (SSSR count). The number of nitrogens with one attached hydrogen (secondary N) is 1. The third-order valence-corrected chi connectivity index (χ3v) is 2.78. The Morgan fingerprint density at radius 1 is 1.54 bits per heavy atom. The van der Waals surface area contributed by atoms with Crippen molar-refractivity contribution in [1.29, 1.82) is 0 Å². The number of hydrogen-bond donors (Lipinski definition) is 1. The second kappa shape index (κ2) is 3.62. The summed E-state index contributed by atoms with van der Waals surface area (Å²) in [4.78, 5) is 4.27. The van der Waals surface area contributed by atoms with Crippen LogP contribution in [0.15, 0.2) is 0 Å². The zero-order valence-corrected chi connectivity index (χ0v) is 9.53. The van der Waals surface area contributed by atoms with Gasteiger partial charge in [-0.05, 0) is 17.6 Å². The summed E-state index contributed by atoms with van der Waals surface area (Å²) < 4.78 is 2.40. The number of hydrogen-bond acceptors (Lipinski definition) is 2. The maximum absolute atomic E-state index is 5.02. The fraction of sp³-hybridized carbons (Fsp3) is 0.778. The number of nitrogens with zero attached hydrogens (tertiary/aromatic N) is 2. The molecule has 74 valence electrons. The van der Waals surface area contributed by atoms with E-state index in [9.17, 15) is 0 Å². The Balaban J connectivity index is 2.81. The first-order valence-electron chi connectivity index (χ1n) is 4.56. The summed E-state index contributed by atoms with van der Waals surface area (Å²) >= 11 is 5.02. The molecule has 0 aliphatic heterocycles. The first-order valence-corrected chi connectivity index (χ1v) is 4.97. The van der Waals surface area contributed by atoms with Crippen molar-refractivity contribution in [1.82, 2.24) is 14.8 Å². The van der Waals surface area contributed by atoms with Crippen molar-refractivity contribution in [2.24, 2.45) is 12.5 Å².